The first-order valence-electron chi connectivity index (χ1n) is 6.23. The minimum atomic E-state index is 0.137. The lowest BCUT2D eigenvalue weighted by molar-refractivity contribution is -0.119. The Labute approximate surface area is 122 Å². The number of thioether (sulfide) groups is 1. The van der Waals surface area contributed by atoms with Gasteiger partial charge in [-0.2, -0.15) is 0 Å². The van der Waals surface area contributed by atoms with Gasteiger partial charge in [-0.05, 0) is 31.0 Å². The second-order valence-electron chi connectivity index (χ2n) is 4.38. The first-order valence-corrected chi connectivity index (χ1v) is 8.18. The Morgan fingerprint density at radius 3 is 2.67 bits per heavy atom. The molecule has 0 saturated heterocycles. The minimum Gasteiger partial charge on any atom is -0.353 e. The highest BCUT2D eigenvalue weighted by atomic mass is 79.9. The normalized spacial score (nSPS) is 12.2. The topological polar surface area (TPSA) is 29.1 Å². The first-order chi connectivity index (χ1) is 8.61. The molecule has 0 aliphatic carbocycles. The van der Waals surface area contributed by atoms with Gasteiger partial charge in [0, 0.05) is 16.3 Å². The van der Waals surface area contributed by atoms with Crippen molar-refractivity contribution >= 4 is 33.6 Å². The average Bonchev–Trinajstić information content (AvgIpc) is 2.32. The first kappa shape index (κ1) is 15.6. The van der Waals surface area contributed by atoms with Gasteiger partial charge in [-0.3, -0.25) is 4.79 Å². The van der Waals surface area contributed by atoms with Crippen LogP contribution in [0.25, 0.3) is 0 Å². The largest absolute Gasteiger partial charge is 0.353 e. The van der Waals surface area contributed by atoms with E-state index in [1.165, 1.54) is 5.56 Å². The lowest BCUT2D eigenvalue weighted by Crippen LogP contribution is -2.33. The molecule has 0 fully saturated rings. The van der Waals surface area contributed by atoms with Crippen molar-refractivity contribution in [3.8, 4) is 0 Å². The molecule has 0 saturated carbocycles. The van der Waals surface area contributed by atoms with Gasteiger partial charge in [0.1, 0.15) is 0 Å². The van der Waals surface area contributed by atoms with Crippen molar-refractivity contribution in [2.75, 3.05) is 5.75 Å². The third-order valence-electron chi connectivity index (χ3n) is 2.54. The summed E-state index contributed by atoms with van der Waals surface area (Å²) in [5, 5.41) is 3.01. The molecule has 2 nitrogen and oxygen atoms in total. The van der Waals surface area contributed by atoms with Crippen LogP contribution in [-0.2, 0) is 10.5 Å². The molecular weight excluding hydrogens is 310 g/mol. The minimum absolute atomic E-state index is 0.137. The van der Waals surface area contributed by atoms with E-state index in [1.807, 2.05) is 12.1 Å². The standard InChI is InChI=1S/C14H20BrNOS/c1-3-4-11(2)16-14(17)10-18-9-12-5-7-13(15)8-6-12/h5-8,11H,3-4,9-10H2,1-2H3,(H,16,17)/t11-/m1/s1. The van der Waals surface area contributed by atoms with Crippen LogP contribution in [0.15, 0.2) is 28.7 Å². The highest BCUT2D eigenvalue weighted by Gasteiger charge is 2.06. The molecule has 1 aromatic carbocycles. The number of hydrogen-bond acceptors (Lipinski definition) is 2. The molecule has 0 radical (unpaired) electrons. The van der Waals surface area contributed by atoms with Crippen molar-refractivity contribution < 1.29 is 4.79 Å². The van der Waals surface area contributed by atoms with E-state index in [9.17, 15) is 4.79 Å². The van der Waals surface area contributed by atoms with E-state index in [0.29, 0.717) is 5.75 Å². The second-order valence-corrected chi connectivity index (χ2v) is 6.28. The Morgan fingerprint density at radius 2 is 2.06 bits per heavy atom. The van der Waals surface area contributed by atoms with Crippen LogP contribution in [0, 0.1) is 0 Å². The maximum absolute atomic E-state index is 11.6. The van der Waals surface area contributed by atoms with Gasteiger partial charge in [0.05, 0.1) is 5.75 Å². The van der Waals surface area contributed by atoms with Crippen LogP contribution in [0.4, 0.5) is 0 Å². The molecular formula is C14H20BrNOS. The number of benzene rings is 1. The summed E-state index contributed by atoms with van der Waals surface area (Å²) in [5.41, 5.74) is 1.25. The lowest BCUT2D eigenvalue weighted by Gasteiger charge is -2.12. The Morgan fingerprint density at radius 1 is 1.39 bits per heavy atom. The van der Waals surface area contributed by atoms with Crippen molar-refractivity contribution in [1.29, 1.82) is 0 Å². The summed E-state index contributed by atoms with van der Waals surface area (Å²) < 4.78 is 1.09. The number of halogens is 1. The maximum Gasteiger partial charge on any atom is 0.230 e. The van der Waals surface area contributed by atoms with E-state index >= 15 is 0 Å². The van der Waals surface area contributed by atoms with Crippen LogP contribution in [0.3, 0.4) is 0 Å². The summed E-state index contributed by atoms with van der Waals surface area (Å²) in [7, 11) is 0. The Hall–Kier alpha value is -0.480. The zero-order chi connectivity index (χ0) is 13.4. The van der Waals surface area contributed by atoms with Crippen molar-refractivity contribution in [3.63, 3.8) is 0 Å². The molecule has 0 bridgehead atoms. The molecule has 18 heavy (non-hydrogen) atoms. The van der Waals surface area contributed by atoms with Crippen LogP contribution < -0.4 is 5.32 Å². The molecule has 1 atom stereocenters. The molecule has 1 rings (SSSR count). The number of carbonyl (C=O) groups is 1. The molecule has 100 valence electrons. The van der Waals surface area contributed by atoms with Gasteiger partial charge in [0.2, 0.25) is 5.91 Å². The van der Waals surface area contributed by atoms with Crippen molar-refractivity contribution in [2.24, 2.45) is 0 Å². The summed E-state index contributed by atoms with van der Waals surface area (Å²) in [5.74, 6) is 1.55. The molecule has 1 amide bonds. The summed E-state index contributed by atoms with van der Waals surface area (Å²) in [6, 6.07) is 8.50. The van der Waals surface area contributed by atoms with Crippen molar-refractivity contribution in [1.82, 2.24) is 5.32 Å². The average molecular weight is 330 g/mol. The Bertz CT molecular complexity index is 367. The van der Waals surface area contributed by atoms with E-state index < -0.39 is 0 Å². The fourth-order valence-corrected chi connectivity index (χ4v) is 2.73. The van der Waals surface area contributed by atoms with Crippen LogP contribution in [-0.4, -0.2) is 17.7 Å². The number of nitrogens with one attached hydrogen (secondary N) is 1. The zero-order valence-corrected chi connectivity index (χ0v) is 13.3. The monoisotopic (exact) mass is 329 g/mol. The third kappa shape index (κ3) is 6.45. The highest BCUT2D eigenvalue weighted by molar-refractivity contribution is 9.10. The van der Waals surface area contributed by atoms with E-state index in [0.717, 1.165) is 23.1 Å². The predicted molar refractivity (Wildman–Crippen MR) is 82.8 cm³/mol. The Balaban J connectivity index is 2.21. The smallest absolute Gasteiger partial charge is 0.230 e. The number of amides is 1. The Kier molecular flexibility index (Phi) is 7.44. The number of carbonyl (C=O) groups excluding carboxylic acids is 1. The highest BCUT2D eigenvalue weighted by Crippen LogP contribution is 2.15. The zero-order valence-electron chi connectivity index (χ0n) is 10.9. The molecule has 0 aromatic heterocycles. The molecule has 0 aliphatic heterocycles. The molecule has 0 spiro atoms. The van der Waals surface area contributed by atoms with Gasteiger partial charge in [0.15, 0.2) is 0 Å². The SMILES string of the molecule is CCC[C@@H](C)NC(=O)CSCc1ccc(Br)cc1. The summed E-state index contributed by atoms with van der Waals surface area (Å²) in [6.07, 6.45) is 2.15. The maximum atomic E-state index is 11.6. The van der Waals surface area contributed by atoms with Gasteiger partial charge in [-0.25, -0.2) is 0 Å². The van der Waals surface area contributed by atoms with Crippen molar-refractivity contribution in [3.05, 3.63) is 34.3 Å². The van der Waals surface area contributed by atoms with Gasteiger partial charge in [-0.1, -0.05) is 41.4 Å². The van der Waals surface area contributed by atoms with Gasteiger partial charge in [0.25, 0.3) is 0 Å². The fraction of sp³-hybridized carbons (Fsp3) is 0.500. The number of rotatable bonds is 7. The molecule has 0 unspecified atom stereocenters. The third-order valence-corrected chi connectivity index (χ3v) is 4.08. The molecule has 0 aliphatic rings. The van der Waals surface area contributed by atoms with Crippen LogP contribution in [0.5, 0.6) is 0 Å². The van der Waals surface area contributed by atoms with Gasteiger partial charge >= 0.3 is 0 Å². The molecule has 1 aromatic rings. The molecule has 0 heterocycles. The summed E-state index contributed by atoms with van der Waals surface area (Å²) in [6.45, 7) is 4.19. The van der Waals surface area contributed by atoms with E-state index in [1.54, 1.807) is 11.8 Å². The van der Waals surface area contributed by atoms with Crippen LogP contribution in [0.1, 0.15) is 32.3 Å². The van der Waals surface area contributed by atoms with E-state index in [2.05, 4.69) is 47.2 Å². The van der Waals surface area contributed by atoms with Crippen LogP contribution in [0.2, 0.25) is 0 Å². The van der Waals surface area contributed by atoms with Gasteiger partial charge < -0.3 is 5.32 Å². The number of hydrogen-bond donors (Lipinski definition) is 1. The van der Waals surface area contributed by atoms with Crippen LogP contribution >= 0.6 is 27.7 Å². The van der Waals surface area contributed by atoms with E-state index in [4.69, 9.17) is 0 Å². The van der Waals surface area contributed by atoms with E-state index in [-0.39, 0.29) is 11.9 Å². The molecule has 4 heteroatoms. The van der Waals surface area contributed by atoms with Gasteiger partial charge in [-0.15, -0.1) is 11.8 Å². The fourth-order valence-electron chi connectivity index (χ4n) is 1.66. The van der Waals surface area contributed by atoms with Crippen molar-refractivity contribution in [2.45, 2.75) is 38.5 Å². The summed E-state index contributed by atoms with van der Waals surface area (Å²) >= 11 is 5.06. The lowest BCUT2D eigenvalue weighted by atomic mass is 10.2. The molecule has 1 N–H and O–H groups in total. The predicted octanol–water partition coefficient (Wildman–Crippen LogP) is 3.99. The second kappa shape index (κ2) is 8.59. The quantitative estimate of drug-likeness (QED) is 0.819. The summed E-state index contributed by atoms with van der Waals surface area (Å²) in [4.78, 5) is 11.6.